The van der Waals surface area contributed by atoms with Gasteiger partial charge >= 0.3 is 0 Å². The number of likely N-dealkylation sites (N-methyl/N-ethyl adjacent to an activating group) is 1. The summed E-state index contributed by atoms with van der Waals surface area (Å²) in [5.41, 5.74) is 3.10. The van der Waals surface area contributed by atoms with Crippen molar-refractivity contribution >= 4 is 21.6 Å². The summed E-state index contributed by atoms with van der Waals surface area (Å²) in [4.78, 5) is 14.6. The summed E-state index contributed by atoms with van der Waals surface area (Å²) in [5.74, 6) is 0.390. The fourth-order valence-electron chi connectivity index (χ4n) is 3.22. The molecule has 1 amide bonds. The van der Waals surface area contributed by atoms with Crippen LogP contribution in [0.25, 0.3) is 0 Å². The summed E-state index contributed by atoms with van der Waals surface area (Å²) in [5, 5.41) is 0. The molecule has 0 heterocycles. The maximum absolute atomic E-state index is 13.1. The van der Waals surface area contributed by atoms with Crippen molar-refractivity contribution in [2.45, 2.75) is 33.4 Å². The number of ether oxygens (including phenoxy) is 1. The van der Waals surface area contributed by atoms with E-state index in [1.54, 1.807) is 27.1 Å². The van der Waals surface area contributed by atoms with Gasteiger partial charge in [-0.1, -0.05) is 30.3 Å². The molecule has 0 saturated carbocycles. The van der Waals surface area contributed by atoms with Crippen molar-refractivity contribution in [3.63, 3.8) is 0 Å². The minimum atomic E-state index is -3.66. The fraction of sp³-hybridized carbons (Fsp3) is 0.381. The molecule has 2 aromatic rings. The van der Waals surface area contributed by atoms with E-state index in [1.807, 2.05) is 50.2 Å². The second kappa shape index (κ2) is 8.65. The summed E-state index contributed by atoms with van der Waals surface area (Å²) < 4.78 is 31.7. The van der Waals surface area contributed by atoms with Gasteiger partial charge in [0.2, 0.25) is 15.9 Å². The van der Waals surface area contributed by atoms with Crippen molar-refractivity contribution in [1.29, 1.82) is 0 Å². The molecule has 0 aliphatic rings. The largest absolute Gasteiger partial charge is 0.496 e. The number of nitrogens with zero attached hydrogens (tertiary/aromatic N) is 2. The van der Waals surface area contributed by atoms with Gasteiger partial charge in [-0.05, 0) is 44.0 Å². The SMILES string of the molecule is COc1ccccc1CN(C)C(=O)[C@@H](C)N(c1cc(C)ccc1C)S(C)(=O)=O. The molecule has 0 spiro atoms. The Labute approximate surface area is 167 Å². The molecule has 0 unspecified atom stereocenters. The minimum Gasteiger partial charge on any atom is -0.496 e. The number of carbonyl (C=O) groups excluding carboxylic acids is 1. The van der Waals surface area contributed by atoms with Crippen molar-refractivity contribution in [3.05, 3.63) is 59.2 Å². The molecule has 0 N–H and O–H groups in total. The molecule has 0 aliphatic carbocycles. The lowest BCUT2D eigenvalue weighted by atomic mass is 10.1. The lowest BCUT2D eigenvalue weighted by molar-refractivity contribution is -0.131. The first-order valence-corrected chi connectivity index (χ1v) is 10.8. The molecular formula is C21H28N2O4S. The molecule has 2 rings (SSSR count). The van der Waals surface area contributed by atoms with Gasteiger partial charge in [-0.2, -0.15) is 0 Å². The molecule has 0 aliphatic heterocycles. The Morgan fingerprint density at radius 3 is 2.39 bits per heavy atom. The monoisotopic (exact) mass is 404 g/mol. The molecule has 152 valence electrons. The van der Waals surface area contributed by atoms with Crippen LogP contribution >= 0.6 is 0 Å². The quantitative estimate of drug-likeness (QED) is 0.711. The van der Waals surface area contributed by atoms with E-state index in [-0.39, 0.29) is 5.91 Å². The van der Waals surface area contributed by atoms with E-state index < -0.39 is 16.1 Å². The maximum atomic E-state index is 13.1. The van der Waals surface area contributed by atoms with Gasteiger partial charge in [0.25, 0.3) is 0 Å². The van der Waals surface area contributed by atoms with Crippen LogP contribution in [-0.4, -0.2) is 45.7 Å². The number of amides is 1. The third-order valence-corrected chi connectivity index (χ3v) is 5.87. The second-order valence-corrected chi connectivity index (χ2v) is 8.89. The van der Waals surface area contributed by atoms with Gasteiger partial charge in [0, 0.05) is 19.2 Å². The van der Waals surface area contributed by atoms with Crippen LogP contribution in [0, 0.1) is 13.8 Å². The zero-order valence-electron chi connectivity index (χ0n) is 17.3. The summed E-state index contributed by atoms with van der Waals surface area (Å²) >= 11 is 0. The second-order valence-electron chi connectivity index (χ2n) is 7.03. The van der Waals surface area contributed by atoms with Crippen LogP contribution in [-0.2, 0) is 21.4 Å². The van der Waals surface area contributed by atoms with Crippen molar-refractivity contribution in [3.8, 4) is 5.75 Å². The van der Waals surface area contributed by atoms with E-state index in [1.165, 1.54) is 9.21 Å². The van der Waals surface area contributed by atoms with Crippen molar-refractivity contribution in [2.24, 2.45) is 0 Å². The van der Waals surface area contributed by atoms with Crippen LogP contribution in [0.2, 0.25) is 0 Å². The van der Waals surface area contributed by atoms with E-state index in [4.69, 9.17) is 4.74 Å². The number of anilines is 1. The van der Waals surface area contributed by atoms with Gasteiger partial charge in [0.05, 0.1) is 19.1 Å². The average Bonchev–Trinajstić information content (AvgIpc) is 2.63. The Kier molecular flexibility index (Phi) is 6.72. The average molecular weight is 405 g/mol. The van der Waals surface area contributed by atoms with Crippen LogP contribution in [0.4, 0.5) is 5.69 Å². The molecule has 0 aromatic heterocycles. The van der Waals surface area contributed by atoms with E-state index in [2.05, 4.69) is 0 Å². The molecule has 0 saturated heterocycles. The lowest BCUT2D eigenvalue weighted by Gasteiger charge is -2.32. The Morgan fingerprint density at radius 2 is 1.79 bits per heavy atom. The summed E-state index contributed by atoms with van der Waals surface area (Å²) in [6.45, 7) is 5.66. The Morgan fingerprint density at radius 1 is 1.14 bits per heavy atom. The highest BCUT2D eigenvalue weighted by molar-refractivity contribution is 7.92. The van der Waals surface area contributed by atoms with E-state index in [0.717, 1.165) is 22.9 Å². The Hall–Kier alpha value is -2.54. The number of hydrogen-bond acceptors (Lipinski definition) is 4. The first-order chi connectivity index (χ1) is 13.1. The molecule has 28 heavy (non-hydrogen) atoms. The molecule has 6 nitrogen and oxygen atoms in total. The number of benzene rings is 2. The zero-order valence-corrected chi connectivity index (χ0v) is 18.1. The van der Waals surface area contributed by atoms with Gasteiger partial charge in [0.1, 0.15) is 11.8 Å². The Bertz CT molecular complexity index is 957. The number of sulfonamides is 1. The van der Waals surface area contributed by atoms with Crippen LogP contribution in [0.1, 0.15) is 23.6 Å². The number of aryl methyl sites for hydroxylation is 2. The van der Waals surface area contributed by atoms with E-state index >= 15 is 0 Å². The topological polar surface area (TPSA) is 66.9 Å². The number of hydrogen-bond donors (Lipinski definition) is 0. The van der Waals surface area contributed by atoms with Crippen LogP contribution < -0.4 is 9.04 Å². The highest BCUT2D eigenvalue weighted by atomic mass is 32.2. The maximum Gasteiger partial charge on any atom is 0.246 e. The van der Waals surface area contributed by atoms with Gasteiger partial charge in [-0.3, -0.25) is 9.10 Å². The number of rotatable bonds is 7. The van der Waals surface area contributed by atoms with Crippen LogP contribution in [0.5, 0.6) is 5.75 Å². The highest BCUT2D eigenvalue weighted by Crippen LogP contribution is 2.27. The first-order valence-electron chi connectivity index (χ1n) is 8.99. The normalized spacial score (nSPS) is 12.4. The van der Waals surface area contributed by atoms with Gasteiger partial charge in [0.15, 0.2) is 0 Å². The predicted molar refractivity (Wildman–Crippen MR) is 112 cm³/mol. The molecular weight excluding hydrogens is 376 g/mol. The summed E-state index contributed by atoms with van der Waals surface area (Å²) in [6, 6.07) is 12.1. The fourth-order valence-corrected chi connectivity index (χ4v) is 4.44. The van der Waals surface area contributed by atoms with E-state index in [0.29, 0.717) is 18.0 Å². The van der Waals surface area contributed by atoms with Crippen molar-refractivity contribution in [2.75, 3.05) is 24.7 Å². The molecule has 0 bridgehead atoms. The minimum absolute atomic E-state index is 0.294. The van der Waals surface area contributed by atoms with Gasteiger partial charge in [-0.15, -0.1) is 0 Å². The summed E-state index contributed by atoms with van der Waals surface area (Å²) in [6.07, 6.45) is 1.12. The first kappa shape index (κ1) is 21.8. The smallest absolute Gasteiger partial charge is 0.246 e. The van der Waals surface area contributed by atoms with Crippen molar-refractivity contribution in [1.82, 2.24) is 4.90 Å². The molecule has 0 fully saturated rings. The van der Waals surface area contributed by atoms with Crippen LogP contribution in [0.3, 0.4) is 0 Å². The third kappa shape index (κ3) is 4.84. The standard InChI is InChI=1S/C21H28N2O4S/c1-15-11-12-16(2)19(13-15)23(28(6,25)26)17(3)21(24)22(4)14-18-9-7-8-10-20(18)27-5/h7-13,17H,14H2,1-6H3/t17-/m1/s1. The molecule has 7 heteroatoms. The van der Waals surface area contributed by atoms with Gasteiger partial charge < -0.3 is 9.64 Å². The Balaban J connectivity index is 2.35. The molecule has 2 aromatic carbocycles. The molecule has 0 radical (unpaired) electrons. The highest BCUT2D eigenvalue weighted by Gasteiger charge is 2.32. The number of methoxy groups -OCH3 is 1. The van der Waals surface area contributed by atoms with Crippen LogP contribution in [0.15, 0.2) is 42.5 Å². The number of para-hydroxylation sites is 1. The third-order valence-electron chi connectivity index (χ3n) is 4.64. The van der Waals surface area contributed by atoms with Gasteiger partial charge in [-0.25, -0.2) is 8.42 Å². The molecule has 1 atom stereocenters. The summed E-state index contributed by atoms with van der Waals surface area (Å²) in [7, 11) is -0.419. The van der Waals surface area contributed by atoms with E-state index in [9.17, 15) is 13.2 Å². The zero-order chi connectivity index (χ0) is 21.1. The van der Waals surface area contributed by atoms with Crippen molar-refractivity contribution < 1.29 is 17.9 Å². The predicted octanol–water partition coefficient (Wildman–Crippen LogP) is 3.13. The number of carbonyl (C=O) groups is 1. The lowest BCUT2D eigenvalue weighted by Crippen LogP contribution is -2.48.